The molecule has 5 heteroatoms. The van der Waals surface area contributed by atoms with Crippen molar-refractivity contribution in [3.05, 3.63) is 60.2 Å². The largest absolute Gasteiger partial charge is 0.491 e. The van der Waals surface area contributed by atoms with Crippen LogP contribution in [0, 0.1) is 0 Å². The van der Waals surface area contributed by atoms with Gasteiger partial charge < -0.3 is 19.5 Å². The van der Waals surface area contributed by atoms with E-state index >= 15 is 0 Å². The van der Waals surface area contributed by atoms with Crippen LogP contribution in [0.3, 0.4) is 0 Å². The summed E-state index contributed by atoms with van der Waals surface area (Å²) < 4.78 is 17.0. The highest BCUT2D eigenvalue weighted by atomic mass is 16.6. The number of amides is 1. The lowest BCUT2D eigenvalue weighted by molar-refractivity contribution is -0.116. The van der Waals surface area contributed by atoms with Crippen molar-refractivity contribution in [2.45, 2.75) is 26.1 Å². The third-order valence-electron chi connectivity index (χ3n) is 3.75. The van der Waals surface area contributed by atoms with E-state index in [1.807, 2.05) is 62.4 Å². The molecule has 0 aromatic heterocycles. The van der Waals surface area contributed by atoms with Crippen molar-refractivity contribution in [1.82, 2.24) is 5.32 Å². The molecule has 0 aliphatic carbocycles. The van der Waals surface area contributed by atoms with Crippen LogP contribution in [0.1, 0.15) is 19.4 Å². The van der Waals surface area contributed by atoms with E-state index in [1.54, 1.807) is 6.08 Å². The van der Waals surface area contributed by atoms with Crippen molar-refractivity contribution in [1.29, 1.82) is 0 Å². The van der Waals surface area contributed by atoms with Gasteiger partial charge in [-0.15, -0.1) is 0 Å². The van der Waals surface area contributed by atoms with Gasteiger partial charge in [-0.2, -0.15) is 0 Å². The molecule has 26 heavy (non-hydrogen) atoms. The van der Waals surface area contributed by atoms with E-state index in [9.17, 15) is 4.79 Å². The second-order valence-corrected chi connectivity index (χ2v) is 6.31. The molecule has 1 unspecified atom stereocenters. The van der Waals surface area contributed by atoms with E-state index in [4.69, 9.17) is 14.2 Å². The lowest BCUT2D eigenvalue weighted by Gasteiger charge is -2.26. The van der Waals surface area contributed by atoms with Crippen molar-refractivity contribution < 1.29 is 19.0 Å². The normalized spacial score (nSPS) is 15.9. The van der Waals surface area contributed by atoms with E-state index < -0.39 is 0 Å². The minimum absolute atomic E-state index is 0.139. The van der Waals surface area contributed by atoms with Gasteiger partial charge in [0.25, 0.3) is 0 Å². The highest BCUT2D eigenvalue weighted by molar-refractivity contribution is 5.91. The number of nitrogens with one attached hydrogen (secondary N) is 1. The molecule has 1 amide bonds. The molecule has 2 aromatic rings. The lowest BCUT2D eigenvalue weighted by Crippen LogP contribution is -2.40. The number of hydrogen-bond donors (Lipinski definition) is 1. The maximum atomic E-state index is 12.0. The first kappa shape index (κ1) is 17.9. The monoisotopic (exact) mass is 353 g/mol. The summed E-state index contributed by atoms with van der Waals surface area (Å²) in [7, 11) is 0. The van der Waals surface area contributed by atoms with Gasteiger partial charge in [0, 0.05) is 6.08 Å². The Kier molecular flexibility index (Phi) is 5.79. The molecule has 0 spiro atoms. The quantitative estimate of drug-likeness (QED) is 0.808. The molecule has 0 saturated heterocycles. The Labute approximate surface area is 153 Å². The molecular formula is C21H23NO4. The highest BCUT2D eigenvalue weighted by Crippen LogP contribution is 2.30. The Balaban J connectivity index is 1.46. The molecule has 1 atom stereocenters. The van der Waals surface area contributed by atoms with Crippen molar-refractivity contribution in [3.63, 3.8) is 0 Å². The summed E-state index contributed by atoms with van der Waals surface area (Å²) in [5.41, 5.74) is 0.933. The van der Waals surface area contributed by atoms with Crippen LogP contribution in [0.5, 0.6) is 17.2 Å². The van der Waals surface area contributed by atoms with Crippen LogP contribution in [-0.2, 0) is 4.79 Å². The fourth-order valence-corrected chi connectivity index (χ4v) is 2.54. The van der Waals surface area contributed by atoms with Gasteiger partial charge in [0.2, 0.25) is 5.91 Å². The minimum Gasteiger partial charge on any atom is -0.491 e. The highest BCUT2D eigenvalue weighted by Gasteiger charge is 2.20. The first-order chi connectivity index (χ1) is 12.6. The third kappa shape index (κ3) is 5.02. The van der Waals surface area contributed by atoms with Gasteiger partial charge in [-0.1, -0.05) is 24.3 Å². The molecule has 2 aromatic carbocycles. The molecule has 1 N–H and O–H groups in total. The Morgan fingerprint density at radius 2 is 1.92 bits per heavy atom. The molecular weight excluding hydrogens is 330 g/mol. The Bertz CT molecular complexity index is 768. The molecule has 5 nitrogen and oxygen atoms in total. The van der Waals surface area contributed by atoms with E-state index in [-0.39, 0.29) is 18.1 Å². The standard InChI is InChI=1S/C21H23NO4/c1-15(2)25-17-10-7-16(8-11-17)9-12-21(23)22-13-18-14-24-19-5-3-4-6-20(19)26-18/h3-12,15,18H,13-14H2,1-2H3,(H,22,23)/b12-9+. The number of hydrogen-bond acceptors (Lipinski definition) is 4. The zero-order chi connectivity index (χ0) is 18.4. The van der Waals surface area contributed by atoms with Gasteiger partial charge >= 0.3 is 0 Å². The maximum absolute atomic E-state index is 12.0. The molecule has 0 radical (unpaired) electrons. The van der Waals surface area contributed by atoms with Gasteiger partial charge in [-0.3, -0.25) is 4.79 Å². The number of rotatable bonds is 6. The summed E-state index contributed by atoms with van der Waals surface area (Å²) >= 11 is 0. The number of carbonyl (C=O) groups is 1. The Morgan fingerprint density at radius 1 is 1.19 bits per heavy atom. The lowest BCUT2D eigenvalue weighted by atomic mass is 10.2. The number of benzene rings is 2. The zero-order valence-corrected chi connectivity index (χ0v) is 15.0. The van der Waals surface area contributed by atoms with Crippen LogP contribution in [0.2, 0.25) is 0 Å². The minimum atomic E-state index is -0.199. The molecule has 1 aliphatic heterocycles. The van der Waals surface area contributed by atoms with E-state index in [0.717, 1.165) is 17.1 Å². The van der Waals surface area contributed by atoms with E-state index in [0.29, 0.717) is 18.9 Å². The summed E-state index contributed by atoms with van der Waals surface area (Å²) in [6.07, 6.45) is 3.22. The molecule has 1 aliphatic rings. The summed E-state index contributed by atoms with van der Waals surface area (Å²) in [4.78, 5) is 12.0. The van der Waals surface area contributed by atoms with Crippen molar-refractivity contribution in [3.8, 4) is 17.2 Å². The smallest absolute Gasteiger partial charge is 0.244 e. The van der Waals surface area contributed by atoms with Gasteiger partial charge in [-0.25, -0.2) is 0 Å². The number of fused-ring (bicyclic) bond motifs is 1. The third-order valence-corrected chi connectivity index (χ3v) is 3.75. The second kappa shape index (κ2) is 8.43. The van der Waals surface area contributed by atoms with Crippen LogP contribution in [0.4, 0.5) is 0 Å². The summed E-state index contributed by atoms with van der Waals surface area (Å²) in [5, 5.41) is 2.84. The fourth-order valence-electron chi connectivity index (χ4n) is 2.54. The average molecular weight is 353 g/mol. The number of carbonyl (C=O) groups excluding carboxylic acids is 1. The van der Waals surface area contributed by atoms with E-state index in [1.165, 1.54) is 6.08 Å². The van der Waals surface area contributed by atoms with Crippen LogP contribution >= 0.6 is 0 Å². The Morgan fingerprint density at radius 3 is 2.65 bits per heavy atom. The predicted molar refractivity (Wildman–Crippen MR) is 101 cm³/mol. The van der Waals surface area contributed by atoms with Crippen LogP contribution < -0.4 is 19.5 Å². The average Bonchev–Trinajstić information content (AvgIpc) is 2.65. The summed E-state index contributed by atoms with van der Waals surface area (Å²) in [5.74, 6) is 2.09. The molecule has 3 rings (SSSR count). The first-order valence-electron chi connectivity index (χ1n) is 8.71. The number of para-hydroxylation sites is 2. The number of ether oxygens (including phenoxy) is 3. The van der Waals surface area contributed by atoms with Crippen LogP contribution in [0.25, 0.3) is 6.08 Å². The molecule has 0 fully saturated rings. The van der Waals surface area contributed by atoms with E-state index in [2.05, 4.69) is 5.32 Å². The summed E-state index contributed by atoms with van der Waals surface area (Å²) in [6.45, 7) is 4.77. The van der Waals surface area contributed by atoms with Gasteiger partial charge in [0.1, 0.15) is 18.5 Å². The summed E-state index contributed by atoms with van der Waals surface area (Å²) in [6, 6.07) is 15.1. The van der Waals surface area contributed by atoms with Gasteiger partial charge in [-0.05, 0) is 49.8 Å². The fraction of sp³-hybridized carbons (Fsp3) is 0.286. The van der Waals surface area contributed by atoms with Gasteiger partial charge in [0.05, 0.1) is 12.6 Å². The van der Waals surface area contributed by atoms with Crippen LogP contribution in [-0.4, -0.2) is 31.3 Å². The van der Waals surface area contributed by atoms with Crippen molar-refractivity contribution in [2.24, 2.45) is 0 Å². The SMILES string of the molecule is CC(C)Oc1ccc(/C=C/C(=O)NCC2COc3ccccc3O2)cc1. The van der Waals surface area contributed by atoms with Crippen LogP contribution in [0.15, 0.2) is 54.6 Å². The second-order valence-electron chi connectivity index (χ2n) is 6.31. The Hall–Kier alpha value is -2.95. The zero-order valence-electron chi connectivity index (χ0n) is 15.0. The topological polar surface area (TPSA) is 56.8 Å². The first-order valence-corrected chi connectivity index (χ1v) is 8.71. The predicted octanol–water partition coefficient (Wildman–Crippen LogP) is 3.44. The molecule has 0 saturated carbocycles. The molecule has 0 bridgehead atoms. The maximum Gasteiger partial charge on any atom is 0.244 e. The van der Waals surface area contributed by atoms with Crippen molar-refractivity contribution in [2.75, 3.05) is 13.2 Å². The molecule has 136 valence electrons. The molecule has 1 heterocycles. The van der Waals surface area contributed by atoms with Crippen molar-refractivity contribution >= 4 is 12.0 Å². The van der Waals surface area contributed by atoms with Gasteiger partial charge in [0.15, 0.2) is 11.5 Å².